The standard InChI is InChI=1S/C56H74N2O7/c1-44(57-53(60)46-32-20-16-21-33-46)51(64-55(62)48-36-24-18-25-37-48)42-30-14-10-8-6-4-3-5-7-9-12-28-40-50(59)41-29-13-11-15-31-43-52(65-56(63)49-38-26-19-27-39-49)45(2)58-54(61)47-34-22-17-23-35-47/h16-27,32-39,44-45,51-52H,3-15,28-31,40-43H2,1-2H3,(H,57,60)(H,58,61)/t44-,45-,51-,52-/m1/s1. The summed E-state index contributed by atoms with van der Waals surface area (Å²) in [5.74, 6) is -0.750. The van der Waals surface area contributed by atoms with Crippen molar-refractivity contribution in [2.75, 3.05) is 0 Å². The van der Waals surface area contributed by atoms with E-state index in [0.29, 0.717) is 53.7 Å². The Labute approximate surface area is 388 Å². The van der Waals surface area contributed by atoms with Crippen LogP contribution >= 0.6 is 0 Å². The lowest BCUT2D eigenvalue weighted by atomic mass is 10.0. The number of hydrogen-bond acceptors (Lipinski definition) is 7. The molecule has 0 aliphatic heterocycles. The second kappa shape index (κ2) is 31.3. The molecule has 0 spiro atoms. The summed E-state index contributed by atoms with van der Waals surface area (Å²) in [7, 11) is 0. The Morgan fingerprint density at radius 3 is 0.938 bits per heavy atom. The molecule has 0 bridgehead atoms. The molecule has 4 aromatic carbocycles. The third kappa shape index (κ3) is 21.3. The first kappa shape index (κ1) is 52.1. The van der Waals surface area contributed by atoms with Crippen molar-refractivity contribution < 1.29 is 33.4 Å². The molecule has 9 nitrogen and oxygen atoms in total. The smallest absolute Gasteiger partial charge is 0.338 e. The van der Waals surface area contributed by atoms with Crippen LogP contribution in [0.25, 0.3) is 0 Å². The first-order valence-corrected chi connectivity index (χ1v) is 24.5. The van der Waals surface area contributed by atoms with E-state index >= 15 is 0 Å². The average Bonchev–Trinajstić information content (AvgIpc) is 3.33. The van der Waals surface area contributed by atoms with Gasteiger partial charge in [0.2, 0.25) is 0 Å². The molecule has 0 aliphatic rings. The number of carbonyl (C=O) groups is 5. The van der Waals surface area contributed by atoms with Crippen molar-refractivity contribution in [3.05, 3.63) is 144 Å². The first-order chi connectivity index (χ1) is 31.7. The number of rotatable bonds is 33. The summed E-state index contributed by atoms with van der Waals surface area (Å²) in [6.07, 6.45) is 20.4. The fraction of sp³-hybridized carbons (Fsp3) is 0.482. The molecule has 4 rings (SSSR count). The highest BCUT2D eigenvalue weighted by Gasteiger charge is 2.25. The predicted octanol–water partition coefficient (Wildman–Crippen LogP) is 12.8. The van der Waals surface area contributed by atoms with E-state index in [9.17, 15) is 24.0 Å². The fourth-order valence-electron chi connectivity index (χ4n) is 8.09. The maximum Gasteiger partial charge on any atom is 0.338 e. The molecule has 0 radical (unpaired) electrons. The van der Waals surface area contributed by atoms with Gasteiger partial charge in [0.05, 0.1) is 23.2 Å². The summed E-state index contributed by atoms with van der Waals surface area (Å²) in [6.45, 7) is 3.79. The van der Waals surface area contributed by atoms with Gasteiger partial charge in [-0.15, -0.1) is 0 Å². The highest BCUT2D eigenvalue weighted by Crippen LogP contribution is 2.19. The van der Waals surface area contributed by atoms with E-state index in [1.807, 2.05) is 74.5 Å². The van der Waals surface area contributed by atoms with E-state index in [-0.39, 0.29) is 29.9 Å². The molecule has 0 saturated heterocycles. The maximum absolute atomic E-state index is 12.9. The van der Waals surface area contributed by atoms with Crippen molar-refractivity contribution in [2.24, 2.45) is 0 Å². The van der Waals surface area contributed by atoms with Crippen LogP contribution in [0.2, 0.25) is 0 Å². The van der Waals surface area contributed by atoms with Crippen molar-refractivity contribution in [3.63, 3.8) is 0 Å². The van der Waals surface area contributed by atoms with Crippen molar-refractivity contribution in [2.45, 2.75) is 173 Å². The summed E-state index contributed by atoms with van der Waals surface area (Å²) < 4.78 is 11.9. The van der Waals surface area contributed by atoms with E-state index in [1.54, 1.807) is 60.7 Å². The van der Waals surface area contributed by atoms with Crippen LogP contribution in [0.15, 0.2) is 121 Å². The Balaban J connectivity index is 0.981. The second-order valence-corrected chi connectivity index (χ2v) is 17.5. The molecule has 9 heteroatoms. The Kier molecular flexibility index (Phi) is 25.1. The topological polar surface area (TPSA) is 128 Å². The average molecular weight is 887 g/mol. The summed E-state index contributed by atoms with van der Waals surface area (Å²) in [5.41, 5.74) is 2.15. The highest BCUT2D eigenvalue weighted by atomic mass is 16.5. The highest BCUT2D eigenvalue weighted by molar-refractivity contribution is 5.95. The molecule has 4 aromatic rings. The van der Waals surface area contributed by atoms with Gasteiger partial charge >= 0.3 is 11.9 Å². The van der Waals surface area contributed by atoms with Crippen LogP contribution in [0.3, 0.4) is 0 Å². The van der Waals surface area contributed by atoms with Gasteiger partial charge in [-0.1, -0.05) is 156 Å². The quantitative estimate of drug-likeness (QED) is 0.0360. The summed E-state index contributed by atoms with van der Waals surface area (Å²) >= 11 is 0. The lowest BCUT2D eigenvalue weighted by Crippen LogP contribution is -2.43. The van der Waals surface area contributed by atoms with Gasteiger partial charge in [0.1, 0.15) is 18.0 Å². The minimum Gasteiger partial charge on any atom is -0.457 e. The number of amides is 2. The van der Waals surface area contributed by atoms with Gasteiger partial charge in [0, 0.05) is 24.0 Å². The minimum absolute atomic E-state index is 0.172. The van der Waals surface area contributed by atoms with Gasteiger partial charge in [-0.05, 0) is 101 Å². The zero-order valence-corrected chi connectivity index (χ0v) is 39.1. The maximum atomic E-state index is 12.9. The van der Waals surface area contributed by atoms with Crippen molar-refractivity contribution >= 4 is 29.5 Å². The Morgan fingerprint density at radius 2 is 0.631 bits per heavy atom. The molecule has 2 N–H and O–H groups in total. The number of unbranched alkanes of at least 4 members (excludes halogenated alkanes) is 15. The lowest BCUT2D eigenvalue weighted by molar-refractivity contribution is -0.119. The molecule has 2 amide bonds. The molecule has 0 aliphatic carbocycles. The number of ether oxygens (including phenoxy) is 2. The summed E-state index contributed by atoms with van der Waals surface area (Å²) in [4.78, 5) is 64.0. The van der Waals surface area contributed by atoms with E-state index in [4.69, 9.17) is 9.47 Å². The van der Waals surface area contributed by atoms with Crippen LogP contribution in [0, 0.1) is 0 Å². The van der Waals surface area contributed by atoms with Crippen LogP contribution in [0.4, 0.5) is 0 Å². The van der Waals surface area contributed by atoms with E-state index in [2.05, 4.69) is 10.6 Å². The summed E-state index contributed by atoms with van der Waals surface area (Å²) in [5, 5.41) is 6.06. The van der Waals surface area contributed by atoms with Gasteiger partial charge in [-0.3, -0.25) is 14.4 Å². The van der Waals surface area contributed by atoms with Gasteiger partial charge in [0.25, 0.3) is 11.8 Å². The molecule has 0 saturated carbocycles. The number of hydrogen-bond donors (Lipinski definition) is 2. The van der Waals surface area contributed by atoms with E-state index in [0.717, 1.165) is 64.2 Å². The first-order valence-electron chi connectivity index (χ1n) is 24.5. The number of benzene rings is 4. The van der Waals surface area contributed by atoms with Crippen LogP contribution in [0.1, 0.15) is 190 Å². The minimum atomic E-state index is -0.453. The predicted molar refractivity (Wildman–Crippen MR) is 260 cm³/mol. The third-order valence-corrected chi connectivity index (χ3v) is 12.1. The molecule has 0 aromatic heterocycles. The second-order valence-electron chi connectivity index (χ2n) is 17.5. The third-order valence-electron chi connectivity index (χ3n) is 12.1. The lowest BCUT2D eigenvalue weighted by Gasteiger charge is -2.25. The monoisotopic (exact) mass is 887 g/mol. The van der Waals surface area contributed by atoms with Crippen LogP contribution < -0.4 is 10.6 Å². The molecule has 0 unspecified atom stereocenters. The van der Waals surface area contributed by atoms with Gasteiger partial charge in [-0.2, -0.15) is 0 Å². The van der Waals surface area contributed by atoms with E-state index in [1.165, 1.54) is 44.9 Å². The largest absolute Gasteiger partial charge is 0.457 e. The Bertz CT molecular complexity index is 1940. The van der Waals surface area contributed by atoms with Crippen molar-refractivity contribution in [1.29, 1.82) is 0 Å². The van der Waals surface area contributed by atoms with E-state index < -0.39 is 18.2 Å². The fourth-order valence-corrected chi connectivity index (χ4v) is 8.09. The van der Waals surface area contributed by atoms with Crippen molar-refractivity contribution in [3.8, 4) is 0 Å². The number of esters is 2. The zero-order chi connectivity index (χ0) is 46.3. The van der Waals surface area contributed by atoms with Crippen molar-refractivity contribution in [1.82, 2.24) is 10.6 Å². The molecular weight excluding hydrogens is 813 g/mol. The van der Waals surface area contributed by atoms with Gasteiger partial charge in [0.15, 0.2) is 0 Å². The summed E-state index contributed by atoms with van der Waals surface area (Å²) in [6, 6.07) is 35.4. The molecular formula is C56H74N2O7. The Morgan fingerprint density at radius 1 is 0.369 bits per heavy atom. The van der Waals surface area contributed by atoms with Gasteiger partial charge < -0.3 is 20.1 Å². The van der Waals surface area contributed by atoms with Crippen LogP contribution in [-0.2, 0) is 14.3 Å². The number of Topliss-reactive ketones (excluding diaryl/α,β-unsaturated/α-hetero) is 1. The number of carbonyl (C=O) groups excluding carboxylic acids is 5. The number of nitrogens with one attached hydrogen (secondary N) is 2. The Hall–Kier alpha value is -5.57. The molecule has 350 valence electrons. The van der Waals surface area contributed by atoms with Crippen LogP contribution in [-0.4, -0.2) is 53.8 Å². The number of ketones is 1. The van der Waals surface area contributed by atoms with Crippen LogP contribution in [0.5, 0.6) is 0 Å². The normalized spacial score (nSPS) is 12.9. The van der Waals surface area contributed by atoms with Gasteiger partial charge in [-0.25, -0.2) is 9.59 Å². The SMILES string of the molecule is C[C@@H](NC(=O)c1ccccc1)[C@@H](CCCCCCCCCCCCCCC(=O)CCCCCCC[C@@H](OC(=O)c1ccccc1)[C@@H](C)NC(=O)c1ccccc1)OC(=O)c1ccccc1. The zero-order valence-electron chi connectivity index (χ0n) is 39.1. The molecule has 4 atom stereocenters. The molecule has 0 heterocycles. The molecule has 65 heavy (non-hydrogen) atoms. The molecule has 0 fully saturated rings.